The lowest BCUT2D eigenvalue weighted by molar-refractivity contribution is -0.136. The molecule has 0 aromatic carbocycles. The zero-order valence-corrected chi connectivity index (χ0v) is 11.0. The Labute approximate surface area is 110 Å². The molecule has 2 aromatic heterocycles. The number of ether oxygens (including phenoxy) is 1. The molecule has 0 saturated heterocycles. The number of carbonyl (C=O) groups is 1. The summed E-state index contributed by atoms with van der Waals surface area (Å²) >= 11 is 0. The molecular weight excluding hydrogens is 246 g/mol. The molecular formula is C13H15N3O3. The van der Waals surface area contributed by atoms with E-state index < -0.39 is 5.97 Å². The minimum Gasteiger partial charge on any atom is -0.495 e. The van der Waals surface area contributed by atoms with Crippen molar-refractivity contribution in [2.75, 3.05) is 7.11 Å². The highest BCUT2D eigenvalue weighted by Crippen LogP contribution is 2.18. The van der Waals surface area contributed by atoms with Crippen molar-refractivity contribution in [3.05, 3.63) is 35.3 Å². The number of carboxylic acids is 1. The van der Waals surface area contributed by atoms with Gasteiger partial charge in [-0.1, -0.05) is 0 Å². The molecule has 1 N–H and O–H groups in total. The highest BCUT2D eigenvalue weighted by Gasteiger charge is 2.15. The Hall–Kier alpha value is -2.37. The van der Waals surface area contributed by atoms with Gasteiger partial charge in [0.2, 0.25) is 0 Å². The van der Waals surface area contributed by atoms with Crippen molar-refractivity contribution < 1.29 is 14.6 Å². The zero-order valence-electron chi connectivity index (χ0n) is 11.0. The summed E-state index contributed by atoms with van der Waals surface area (Å²) in [5, 5.41) is 13.2. The number of hydrogen-bond donors (Lipinski definition) is 1. The molecule has 19 heavy (non-hydrogen) atoms. The first-order valence-corrected chi connectivity index (χ1v) is 5.80. The van der Waals surface area contributed by atoms with E-state index in [1.54, 1.807) is 37.0 Å². The summed E-state index contributed by atoms with van der Waals surface area (Å²) in [5.74, 6) is 0.433. The van der Waals surface area contributed by atoms with E-state index in [4.69, 9.17) is 9.84 Å². The van der Waals surface area contributed by atoms with Gasteiger partial charge in [-0.15, -0.1) is 0 Å². The third kappa shape index (κ3) is 2.57. The van der Waals surface area contributed by atoms with Gasteiger partial charge in [0, 0.05) is 11.3 Å². The molecule has 0 bridgehead atoms. The molecule has 0 aliphatic carbocycles. The van der Waals surface area contributed by atoms with Crippen LogP contribution in [0.3, 0.4) is 0 Å². The van der Waals surface area contributed by atoms with Crippen molar-refractivity contribution in [3.8, 4) is 11.6 Å². The van der Waals surface area contributed by atoms with Crippen LogP contribution in [0.4, 0.5) is 0 Å². The minimum atomic E-state index is -0.867. The molecule has 0 aliphatic heterocycles. The molecule has 2 rings (SSSR count). The van der Waals surface area contributed by atoms with Crippen molar-refractivity contribution in [3.63, 3.8) is 0 Å². The van der Waals surface area contributed by atoms with Gasteiger partial charge in [-0.3, -0.25) is 4.79 Å². The van der Waals surface area contributed by atoms with Crippen molar-refractivity contribution in [2.24, 2.45) is 0 Å². The van der Waals surface area contributed by atoms with Crippen LogP contribution in [0.2, 0.25) is 0 Å². The van der Waals surface area contributed by atoms with E-state index in [9.17, 15) is 4.79 Å². The number of carboxylic acid groups (broad SMARTS) is 1. The summed E-state index contributed by atoms with van der Waals surface area (Å²) in [4.78, 5) is 15.1. The zero-order chi connectivity index (χ0) is 14.0. The SMILES string of the molecule is COc1ccc(-n2nc(C)c(CC(=O)O)c2C)nc1. The average Bonchev–Trinajstić information content (AvgIpc) is 2.66. The van der Waals surface area contributed by atoms with Gasteiger partial charge in [0.1, 0.15) is 5.75 Å². The molecule has 2 heterocycles. The van der Waals surface area contributed by atoms with Crippen LogP contribution in [-0.4, -0.2) is 33.0 Å². The molecule has 6 heteroatoms. The van der Waals surface area contributed by atoms with Crippen LogP contribution < -0.4 is 4.74 Å². The number of aromatic nitrogens is 3. The van der Waals surface area contributed by atoms with Crippen molar-refractivity contribution in [1.29, 1.82) is 0 Å². The van der Waals surface area contributed by atoms with Gasteiger partial charge < -0.3 is 9.84 Å². The predicted molar refractivity (Wildman–Crippen MR) is 68.7 cm³/mol. The Morgan fingerprint density at radius 1 is 1.42 bits per heavy atom. The standard InChI is InChI=1S/C13H15N3O3/c1-8-11(6-13(17)18)9(2)16(15-8)12-5-4-10(19-3)7-14-12/h4-5,7H,6H2,1-3H3,(H,17,18). The number of nitrogens with zero attached hydrogens (tertiary/aromatic N) is 3. The second kappa shape index (κ2) is 5.09. The number of pyridine rings is 1. The first-order valence-electron chi connectivity index (χ1n) is 5.80. The van der Waals surface area contributed by atoms with Crippen LogP contribution >= 0.6 is 0 Å². The Balaban J connectivity index is 2.42. The van der Waals surface area contributed by atoms with E-state index in [0.29, 0.717) is 17.3 Å². The summed E-state index contributed by atoms with van der Waals surface area (Å²) in [7, 11) is 1.57. The minimum absolute atomic E-state index is 0.0339. The van der Waals surface area contributed by atoms with Crippen LogP contribution in [0, 0.1) is 13.8 Å². The van der Waals surface area contributed by atoms with Crippen molar-refractivity contribution in [1.82, 2.24) is 14.8 Å². The highest BCUT2D eigenvalue weighted by atomic mass is 16.5. The summed E-state index contributed by atoms with van der Waals surface area (Å²) in [6, 6.07) is 3.57. The first kappa shape index (κ1) is 13.1. The summed E-state index contributed by atoms with van der Waals surface area (Å²) in [6.07, 6.45) is 1.57. The lowest BCUT2D eigenvalue weighted by atomic mass is 10.1. The molecule has 6 nitrogen and oxygen atoms in total. The summed E-state index contributed by atoms with van der Waals surface area (Å²) in [5.41, 5.74) is 2.22. The van der Waals surface area contributed by atoms with Gasteiger partial charge in [0.25, 0.3) is 0 Å². The highest BCUT2D eigenvalue weighted by molar-refractivity contribution is 5.71. The van der Waals surface area contributed by atoms with E-state index >= 15 is 0 Å². The van der Waals surface area contributed by atoms with Gasteiger partial charge in [-0.2, -0.15) is 5.10 Å². The molecule has 0 radical (unpaired) electrons. The number of aliphatic carboxylic acids is 1. The molecule has 0 saturated carbocycles. The molecule has 100 valence electrons. The van der Waals surface area contributed by atoms with E-state index in [1.807, 2.05) is 6.92 Å². The molecule has 0 atom stereocenters. The Bertz CT molecular complexity index is 602. The van der Waals surface area contributed by atoms with E-state index in [1.165, 1.54) is 0 Å². The fraction of sp³-hybridized carbons (Fsp3) is 0.308. The third-order valence-electron chi connectivity index (χ3n) is 2.94. The molecule has 0 amide bonds. The van der Waals surface area contributed by atoms with Crippen LogP contribution in [0.15, 0.2) is 18.3 Å². The second-order valence-corrected chi connectivity index (χ2v) is 4.19. The fourth-order valence-electron chi connectivity index (χ4n) is 1.92. The Kier molecular flexibility index (Phi) is 3.50. The third-order valence-corrected chi connectivity index (χ3v) is 2.94. The van der Waals surface area contributed by atoms with E-state index in [-0.39, 0.29) is 6.42 Å². The van der Waals surface area contributed by atoms with Gasteiger partial charge in [0.05, 0.1) is 25.4 Å². The second-order valence-electron chi connectivity index (χ2n) is 4.19. The largest absolute Gasteiger partial charge is 0.495 e. The van der Waals surface area contributed by atoms with Gasteiger partial charge in [0.15, 0.2) is 5.82 Å². The molecule has 2 aromatic rings. The van der Waals surface area contributed by atoms with Crippen LogP contribution in [-0.2, 0) is 11.2 Å². The maximum atomic E-state index is 10.8. The monoisotopic (exact) mass is 261 g/mol. The van der Waals surface area contributed by atoms with Crippen molar-refractivity contribution in [2.45, 2.75) is 20.3 Å². The van der Waals surface area contributed by atoms with Crippen LogP contribution in [0.1, 0.15) is 17.0 Å². The normalized spacial score (nSPS) is 10.5. The molecule has 0 spiro atoms. The topological polar surface area (TPSA) is 77.2 Å². The number of hydrogen-bond acceptors (Lipinski definition) is 4. The molecule has 0 unspecified atom stereocenters. The maximum Gasteiger partial charge on any atom is 0.307 e. The maximum absolute atomic E-state index is 10.8. The predicted octanol–water partition coefficient (Wildman–Crippen LogP) is 1.52. The fourth-order valence-corrected chi connectivity index (χ4v) is 1.92. The Morgan fingerprint density at radius 2 is 2.16 bits per heavy atom. The molecule has 0 fully saturated rings. The average molecular weight is 261 g/mol. The van der Waals surface area contributed by atoms with E-state index in [2.05, 4.69) is 10.1 Å². The van der Waals surface area contributed by atoms with Crippen molar-refractivity contribution >= 4 is 5.97 Å². The van der Waals surface area contributed by atoms with E-state index in [0.717, 1.165) is 11.3 Å². The quantitative estimate of drug-likeness (QED) is 0.902. The summed E-state index contributed by atoms with van der Waals surface area (Å²) in [6.45, 7) is 3.63. The lowest BCUT2D eigenvalue weighted by Crippen LogP contribution is -2.04. The number of rotatable bonds is 4. The van der Waals surface area contributed by atoms with Crippen LogP contribution in [0.25, 0.3) is 5.82 Å². The van der Waals surface area contributed by atoms with Gasteiger partial charge >= 0.3 is 5.97 Å². The van der Waals surface area contributed by atoms with Gasteiger partial charge in [-0.05, 0) is 26.0 Å². The number of aryl methyl sites for hydroxylation is 1. The Morgan fingerprint density at radius 3 is 2.68 bits per heavy atom. The molecule has 0 aliphatic rings. The smallest absolute Gasteiger partial charge is 0.307 e. The number of methoxy groups -OCH3 is 1. The lowest BCUT2D eigenvalue weighted by Gasteiger charge is -2.05. The first-order chi connectivity index (χ1) is 9.02. The van der Waals surface area contributed by atoms with Crippen LogP contribution in [0.5, 0.6) is 5.75 Å². The van der Waals surface area contributed by atoms with Gasteiger partial charge in [-0.25, -0.2) is 9.67 Å². The summed E-state index contributed by atoms with van der Waals surface area (Å²) < 4.78 is 6.69.